The van der Waals surface area contributed by atoms with Gasteiger partial charge in [0, 0.05) is 25.6 Å². The SMILES string of the molecule is CN(CC1CCCCN1)C(=O)c1n[nH]c(C2CC2)n1. The molecule has 1 amide bonds. The van der Waals surface area contributed by atoms with Crippen molar-refractivity contribution in [3.63, 3.8) is 0 Å². The molecule has 3 rings (SSSR count). The first kappa shape index (κ1) is 12.6. The molecule has 0 spiro atoms. The Balaban J connectivity index is 1.58. The smallest absolute Gasteiger partial charge is 0.293 e. The highest BCUT2D eigenvalue weighted by Gasteiger charge is 2.29. The molecule has 2 aliphatic rings. The summed E-state index contributed by atoms with van der Waals surface area (Å²) in [7, 11) is 1.83. The Hall–Kier alpha value is -1.43. The summed E-state index contributed by atoms with van der Waals surface area (Å²) in [6.07, 6.45) is 5.93. The third kappa shape index (κ3) is 2.94. The fourth-order valence-corrected chi connectivity index (χ4v) is 2.57. The third-order valence-electron chi connectivity index (χ3n) is 3.91. The van der Waals surface area contributed by atoms with Crippen LogP contribution in [0.4, 0.5) is 0 Å². The number of amides is 1. The zero-order chi connectivity index (χ0) is 13.2. The summed E-state index contributed by atoms with van der Waals surface area (Å²) >= 11 is 0. The fraction of sp³-hybridized carbons (Fsp3) is 0.769. The highest BCUT2D eigenvalue weighted by molar-refractivity contribution is 5.90. The summed E-state index contributed by atoms with van der Waals surface area (Å²) in [5, 5.41) is 10.4. The van der Waals surface area contributed by atoms with E-state index in [0.29, 0.717) is 17.8 Å². The van der Waals surface area contributed by atoms with Crippen LogP contribution in [0.2, 0.25) is 0 Å². The number of carbonyl (C=O) groups is 1. The summed E-state index contributed by atoms with van der Waals surface area (Å²) in [4.78, 5) is 18.3. The lowest BCUT2D eigenvalue weighted by Gasteiger charge is -2.27. The Morgan fingerprint density at radius 1 is 1.37 bits per heavy atom. The maximum Gasteiger partial charge on any atom is 0.293 e. The van der Waals surface area contributed by atoms with Crippen LogP contribution in [0.25, 0.3) is 0 Å². The van der Waals surface area contributed by atoms with Crippen molar-refractivity contribution in [2.75, 3.05) is 20.1 Å². The van der Waals surface area contributed by atoms with Crippen LogP contribution in [-0.4, -0.2) is 52.2 Å². The van der Waals surface area contributed by atoms with Gasteiger partial charge in [-0.2, -0.15) is 0 Å². The number of piperidine rings is 1. The molecule has 1 unspecified atom stereocenters. The summed E-state index contributed by atoms with van der Waals surface area (Å²) in [5.74, 6) is 1.59. The number of nitrogens with one attached hydrogen (secondary N) is 2. The van der Waals surface area contributed by atoms with Crippen LogP contribution >= 0.6 is 0 Å². The van der Waals surface area contributed by atoms with Crippen molar-refractivity contribution in [2.24, 2.45) is 0 Å². The van der Waals surface area contributed by atoms with E-state index in [1.54, 1.807) is 4.90 Å². The van der Waals surface area contributed by atoms with Gasteiger partial charge in [-0.3, -0.25) is 9.89 Å². The van der Waals surface area contributed by atoms with E-state index in [-0.39, 0.29) is 5.91 Å². The van der Waals surface area contributed by atoms with E-state index in [2.05, 4.69) is 20.5 Å². The minimum absolute atomic E-state index is 0.0875. The molecule has 1 atom stereocenters. The lowest BCUT2D eigenvalue weighted by molar-refractivity contribution is 0.0763. The maximum atomic E-state index is 12.2. The number of hydrogen-bond acceptors (Lipinski definition) is 4. The molecule has 104 valence electrons. The molecule has 1 aliphatic heterocycles. The van der Waals surface area contributed by atoms with Crippen molar-refractivity contribution >= 4 is 5.91 Å². The van der Waals surface area contributed by atoms with E-state index >= 15 is 0 Å². The van der Waals surface area contributed by atoms with Crippen LogP contribution < -0.4 is 5.32 Å². The van der Waals surface area contributed by atoms with Crippen LogP contribution in [0.5, 0.6) is 0 Å². The number of rotatable bonds is 4. The average molecular weight is 263 g/mol. The molecule has 2 heterocycles. The number of hydrogen-bond donors (Lipinski definition) is 2. The molecule has 19 heavy (non-hydrogen) atoms. The van der Waals surface area contributed by atoms with Gasteiger partial charge in [-0.05, 0) is 32.2 Å². The second-order valence-electron chi connectivity index (χ2n) is 5.65. The molecule has 2 fully saturated rings. The van der Waals surface area contributed by atoms with E-state index < -0.39 is 0 Å². The Bertz CT molecular complexity index is 448. The van der Waals surface area contributed by atoms with Gasteiger partial charge in [0.1, 0.15) is 5.82 Å². The summed E-state index contributed by atoms with van der Waals surface area (Å²) in [6.45, 7) is 1.78. The van der Waals surface area contributed by atoms with Gasteiger partial charge in [0.2, 0.25) is 5.82 Å². The zero-order valence-electron chi connectivity index (χ0n) is 11.4. The molecular formula is C13H21N5O. The highest BCUT2D eigenvalue weighted by Crippen LogP contribution is 2.37. The normalized spacial score (nSPS) is 23.3. The van der Waals surface area contributed by atoms with Gasteiger partial charge in [-0.25, -0.2) is 4.98 Å². The number of likely N-dealkylation sites (N-methyl/N-ethyl adjacent to an activating group) is 1. The van der Waals surface area contributed by atoms with E-state index in [0.717, 1.165) is 38.2 Å². The van der Waals surface area contributed by atoms with Crippen molar-refractivity contribution in [1.29, 1.82) is 0 Å². The molecule has 0 bridgehead atoms. The van der Waals surface area contributed by atoms with Crippen LogP contribution in [0, 0.1) is 0 Å². The molecule has 0 radical (unpaired) electrons. The van der Waals surface area contributed by atoms with Crippen LogP contribution in [0.15, 0.2) is 0 Å². The second kappa shape index (κ2) is 5.28. The lowest BCUT2D eigenvalue weighted by Crippen LogP contribution is -2.44. The number of nitrogens with zero attached hydrogens (tertiary/aromatic N) is 3. The van der Waals surface area contributed by atoms with Crippen LogP contribution in [0.3, 0.4) is 0 Å². The average Bonchev–Trinajstić information content (AvgIpc) is 3.17. The van der Waals surface area contributed by atoms with Gasteiger partial charge in [-0.1, -0.05) is 6.42 Å². The van der Waals surface area contributed by atoms with Gasteiger partial charge in [0.05, 0.1) is 0 Å². The zero-order valence-corrected chi connectivity index (χ0v) is 11.4. The lowest BCUT2D eigenvalue weighted by atomic mass is 10.0. The molecular weight excluding hydrogens is 242 g/mol. The second-order valence-corrected chi connectivity index (χ2v) is 5.65. The van der Waals surface area contributed by atoms with Crippen LogP contribution in [-0.2, 0) is 0 Å². The van der Waals surface area contributed by atoms with E-state index in [1.165, 1.54) is 12.8 Å². The molecule has 6 heteroatoms. The topological polar surface area (TPSA) is 73.9 Å². The predicted octanol–water partition coefficient (Wildman–Crippen LogP) is 0.896. The Morgan fingerprint density at radius 2 is 2.21 bits per heavy atom. The summed E-state index contributed by atoms with van der Waals surface area (Å²) in [6, 6.07) is 0.407. The van der Waals surface area contributed by atoms with E-state index in [9.17, 15) is 4.79 Å². The van der Waals surface area contributed by atoms with Gasteiger partial charge in [0.25, 0.3) is 5.91 Å². The fourth-order valence-electron chi connectivity index (χ4n) is 2.57. The number of carbonyl (C=O) groups excluding carboxylic acids is 1. The molecule has 6 nitrogen and oxygen atoms in total. The third-order valence-corrected chi connectivity index (χ3v) is 3.91. The standard InChI is InChI=1S/C13H21N5O/c1-18(8-10-4-2-3-7-14-10)13(19)12-15-11(16-17-12)9-5-6-9/h9-10,14H,2-8H2,1H3,(H,15,16,17). The Labute approximate surface area is 113 Å². The van der Waals surface area contributed by atoms with E-state index in [1.807, 2.05) is 7.05 Å². The van der Waals surface area contributed by atoms with Crippen molar-refractivity contribution in [2.45, 2.75) is 44.1 Å². The Morgan fingerprint density at radius 3 is 2.89 bits per heavy atom. The molecule has 1 aliphatic carbocycles. The van der Waals surface area contributed by atoms with Gasteiger partial charge < -0.3 is 10.2 Å². The minimum atomic E-state index is -0.0875. The molecule has 2 N–H and O–H groups in total. The van der Waals surface area contributed by atoms with Gasteiger partial charge in [0.15, 0.2) is 0 Å². The van der Waals surface area contributed by atoms with E-state index in [4.69, 9.17) is 0 Å². The number of aromatic amines is 1. The number of H-pyrrole nitrogens is 1. The highest BCUT2D eigenvalue weighted by atomic mass is 16.2. The molecule has 1 aromatic rings. The molecule has 0 aromatic carbocycles. The van der Waals surface area contributed by atoms with Gasteiger partial charge >= 0.3 is 0 Å². The summed E-state index contributed by atoms with van der Waals surface area (Å²) < 4.78 is 0. The number of aromatic nitrogens is 3. The predicted molar refractivity (Wildman–Crippen MR) is 71.0 cm³/mol. The first-order valence-corrected chi connectivity index (χ1v) is 7.15. The van der Waals surface area contributed by atoms with Crippen molar-refractivity contribution < 1.29 is 4.79 Å². The molecule has 1 saturated carbocycles. The molecule has 1 saturated heterocycles. The largest absolute Gasteiger partial charge is 0.337 e. The molecule has 1 aromatic heterocycles. The monoisotopic (exact) mass is 263 g/mol. The van der Waals surface area contributed by atoms with Crippen molar-refractivity contribution in [1.82, 2.24) is 25.4 Å². The first-order valence-electron chi connectivity index (χ1n) is 7.15. The Kier molecular flexibility index (Phi) is 3.50. The van der Waals surface area contributed by atoms with Crippen LogP contribution in [0.1, 0.15) is 54.5 Å². The van der Waals surface area contributed by atoms with Crippen molar-refractivity contribution in [3.05, 3.63) is 11.6 Å². The van der Waals surface area contributed by atoms with Crippen molar-refractivity contribution in [3.8, 4) is 0 Å². The maximum absolute atomic E-state index is 12.2. The van der Waals surface area contributed by atoms with Gasteiger partial charge in [-0.15, -0.1) is 5.10 Å². The first-order chi connectivity index (χ1) is 9.24. The summed E-state index contributed by atoms with van der Waals surface area (Å²) in [5.41, 5.74) is 0. The quantitative estimate of drug-likeness (QED) is 0.846. The minimum Gasteiger partial charge on any atom is -0.337 e.